The Morgan fingerprint density at radius 1 is 0.900 bits per heavy atom. The summed E-state index contributed by atoms with van der Waals surface area (Å²) in [7, 11) is -3.48. The van der Waals surface area contributed by atoms with Crippen LogP contribution < -0.4 is 8.92 Å². The van der Waals surface area contributed by atoms with Crippen molar-refractivity contribution in [3.63, 3.8) is 0 Å². The fraction of sp³-hybridized carbons (Fsp3) is 0.200. The van der Waals surface area contributed by atoms with Gasteiger partial charge < -0.3 is 8.92 Å². The van der Waals surface area contributed by atoms with E-state index < -0.39 is 10.1 Å². The molecule has 0 unspecified atom stereocenters. The van der Waals surface area contributed by atoms with E-state index >= 15 is 0 Å². The highest BCUT2D eigenvalue weighted by molar-refractivity contribution is 7.86. The molecule has 4 nitrogen and oxygen atoms in total. The highest BCUT2D eigenvalue weighted by Gasteiger charge is 2.04. The standard InChI is InChI=1S/C15H16O4S/c1-20(16,17)19-15-9-7-14(8-10-15)18-12-11-13-5-3-2-4-6-13/h2-10H,11-12H2,1H3. The van der Waals surface area contributed by atoms with E-state index in [4.69, 9.17) is 8.92 Å². The minimum Gasteiger partial charge on any atom is -0.493 e. The molecule has 106 valence electrons. The summed E-state index contributed by atoms with van der Waals surface area (Å²) >= 11 is 0. The van der Waals surface area contributed by atoms with E-state index in [0.29, 0.717) is 12.4 Å². The Morgan fingerprint density at radius 2 is 1.50 bits per heavy atom. The van der Waals surface area contributed by atoms with Crippen LogP contribution in [0.1, 0.15) is 5.56 Å². The molecule has 0 aliphatic heterocycles. The van der Waals surface area contributed by atoms with Crippen molar-refractivity contribution < 1.29 is 17.3 Å². The number of hydrogen-bond donors (Lipinski definition) is 0. The minimum absolute atomic E-state index is 0.280. The van der Waals surface area contributed by atoms with E-state index in [1.165, 1.54) is 5.56 Å². The van der Waals surface area contributed by atoms with Gasteiger partial charge in [-0.2, -0.15) is 8.42 Å². The zero-order valence-electron chi connectivity index (χ0n) is 11.2. The number of benzene rings is 2. The monoisotopic (exact) mass is 292 g/mol. The maximum Gasteiger partial charge on any atom is 0.306 e. The van der Waals surface area contributed by atoms with Gasteiger partial charge in [0.1, 0.15) is 11.5 Å². The van der Waals surface area contributed by atoms with Crippen molar-refractivity contribution in [2.24, 2.45) is 0 Å². The van der Waals surface area contributed by atoms with Crippen LogP contribution in [0.25, 0.3) is 0 Å². The maximum atomic E-state index is 11.0. The molecule has 0 saturated carbocycles. The van der Waals surface area contributed by atoms with Crippen molar-refractivity contribution in [2.45, 2.75) is 6.42 Å². The van der Waals surface area contributed by atoms with Gasteiger partial charge in [-0.3, -0.25) is 0 Å². The molecule has 0 heterocycles. The van der Waals surface area contributed by atoms with Crippen LogP contribution in [0, 0.1) is 0 Å². The molecule has 0 aliphatic carbocycles. The maximum absolute atomic E-state index is 11.0. The van der Waals surface area contributed by atoms with Crippen LogP contribution in [0.2, 0.25) is 0 Å². The fourth-order valence-electron chi connectivity index (χ4n) is 1.70. The highest BCUT2D eigenvalue weighted by Crippen LogP contribution is 2.18. The smallest absolute Gasteiger partial charge is 0.306 e. The van der Waals surface area contributed by atoms with Crippen molar-refractivity contribution in [1.82, 2.24) is 0 Å². The van der Waals surface area contributed by atoms with Crippen LogP contribution >= 0.6 is 0 Å². The lowest BCUT2D eigenvalue weighted by atomic mass is 10.2. The Morgan fingerprint density at radius 3 is 2.10 bits per heavy atom. The molecule has 0 aromatic heterocycles. The van der Waals surface area contributed by atoms with Gasteiger partial charge in [0.25, 0.3) is 0 Å². The van der Waals surface area contributed by atoms with Crippen LogP contribution in [0.3, 0.4) is 0 Å². The van der Waals surface area contributed by atoms with E-state index in [2.05, 4.69) is 0 Å². The van der Waals surface area contributed by atoms with Crippen molar-refractivity contribution in [3.05, 3.63) is 60.2 Å². The zero-order valence-corrected chi connectivity index (χ0v) is 12.0. The second-order valence-corrected chi connectivity index (χ2v) is 5.92. The van der Waals surface area contributed by atoms with Crippen LogP contribution in [0.5, 0.6) is 11.5 Å². The second kappa shape index (κ2) is 6.43. The fourth-order valence-corrected chi connectivity index (χ4v) is 2.16. The summed E-state index contributed by atoms with van der Waals surface area (Å²) < 4.78 is 32.3. The molecule has 2 aromatic carbocycles. The minimum atomic E-state index is -3.48. The van der Waals surface area contributed by atoms with Crippen molar-refractivity contribution in [3.8, 4) is 11.5 Å². The molecular formula is C15H16O4S. The van der Waals surface area contributed by atoms with Gasteiger partial charge >= 0.3 is 10.1 Å². The van der Waals surface area contributed by atoms with Gasteiger partial charge in [0.05, 0.1) is 12.9 Å². The first-order valence-electron chi connectivity index (χ1n) is 6.19. The molecule has 2 aromatic rings. The van der Waals surface area contributed by atoms with Crippen LogP contribution in [0.4, 0.5) is 0 Å². The van der Waals surface area contributed by atoms with E-state index in [0.717, 1.165) is 12.7 Å². The summed E-state index contributed by atoms with van der Waals surface area (Å²) in [6.07, 6.45) is 1.83. The third kappa shape index (κ3) is 4.93. The van der Waals surface area contributed by atoms with Gasteiger partial charge in [-0.1, -0.05) is 30.3 Å². The van der Waals surface area contributed by atoms with Crippen molar-refractivity contribution in [2.75, 3.05) is 12.9 Å². The molecule has 2 rings (SSSR count). The van der Waals surface area contributed by atoms with E-state index in [-0.39, 0.29) is 5.75 Å². The molecule has 0 spiro atoms. The largest absolute Gasteiger partial charge is 0.493 e. The quantitative estimate of drug-likeness (QED) is 0.768. The van der Waals surface area contributed by atoms with E-state index in [1.54, 1.807) is 24.3 Å². The normalized spacial score (nSPS) is 11.1. The highest BCUT2D eigenvalue weighted by atomic mass is 32.2. The van der Waals surface area contributed by atoms with Gasteiger partial charge in [0.2, 0.25) is 0 Å². The molecule has 0 atom stereocenters. The Hall–Kier alpha value is -2.01. The Kier molecular flexibility index (Phi) is 4.63. The Balaban J connectivity index is 1.85. The lowest BCUT2D eigenvalue weighted by Crippen LogP contribution is -2.05. The average Bonchev–Trinajstić information content (AvgIpc) is 2.40. The lowest BCUT2D eigenvalue weighted by Gasteiger charge is -2.07. The topological polar surface area (TPSA) is 52.6 Å². The molecule has 5 heteroatoms. The summed E-state index contributed by atoms with van der Waals surface area (Å²) in [5, 5.41) is 0. The first-order valence-corrected chi connectivity index (χ1v) is 8.01. The van der Waals surface area contributed by atoms with E-state index in [1.807, 2.05) is 30.3 Å². The summed E-state index contributed by atoms with van der Waals surface area (Å²) in [6.45, 7) is 0.566. The summed E-state index contributed by atoms with van der Waals surface area (Å²) in [5.41, 5.74) is 1.21. The molecule has 0 bridgehead atoms. The number of rotatable bonds is 6. The van der Waals surface area contributed by atoms with Crippen LogP contribution in [-0.2, 0) is 16.5 Å². The predicted octanol–water partition coefficient (Wildman–Crippen LogP) is 2.65. The first kappa shape index (κ1) is 14.4. The third-order valence-corrected chi connectivity index (χ3v) is 3.07. The van der Waals surface area contributed by atoms with Gasteiger partial charge in [0, 0.05) is 6.42 Å². The summed E-state index contributed by atoms with van der Waals surface area (Å²) in [6, 6.07) is 16.6. The van der Waals surface area contributed by atoms with Gasteiger partial charge in [0.15, 0.2) is 0 Å². The molecular weight excluding hydrogens is 276 g/mol. The van der Waals surface area contributed by atoms with Crippen molar-refractivity contribution in [1.29, 1.82) is 0 Å². The Labute approximate surface area is 119 Å². The molecule has 0 aliphatic rings. The third-order valence-electron chi connectivity index (χ3n) is 2.57. The Bertz CT molecular complexity index is 633. The molecule has 0 saturated heterocycles. The van der Waals surface area contributed by atoms with Crippen molar-refractivity contribution >= 4 is 10.1 Å². The number of ether oxygens (including phenoxy) is 1. The molecule has 0 amide bonds. The van der Waals surface area contributed by atoms with E-state index in [9.17, 15) is 8.42 Å². The number of hydrogen-bond acceptors (Lipinski definition) is 4. The summed E-state index contributed by atoms with van der Waals surface area (Å²) in [4.78, 5) is 0. The zero-order chi connectivity index (χ0) is 14.4. The van der Waals surface area contributed by atoms with Crippen LogP contribution in [0.15, 0.2) is 54.6 Å². The second-order valence-electron chi connectivity index (χ2n) is 4.34. The van der Waals surface area contributed by atoms with Crippen LogP contribution in [-0.4, -0.2) is 21.3 Å². The average molecular weight is 292 g/mol. The molecule has 0 N–H and O–H groups in total. The first-order chi connectivity index (χ1) is 9.53. The molecule has 20 heavy (non-hydrogen) atoms. The van der Waals surface area contributed by atoms with Gasteiger partial charge in [-0.25, -0.2) is 0 Å². The summed E-state index contributed by atoms with van der Waals surface area (Å²) in [5.74, 6) is 0.963. The molecule has 0 radical (unpaired) electrons. The molecule has 0 fully saturated rings. The predicted molar refractivity (Wildman–Crippen MR) is 77.6 cm³/mol. The SMILES string of the molecule is CS(=O)(=O)Oc1ccc(OCCc2ccccc2)cc1. The lowest BCUT2D eigenvalue weighted by molar-refractivity contribution is 0.321. The van der Waals surface area contributed by atoms with Gasteiger partial charge in [-0.15, -0.1) is 0 Å². The van der Waals surface area contributed by atoms with Gasteiger partial charge in [-0.05, 0) is 29.8 Å².